The molecule has 1 heterocycles. The molecular weight excluding hydrogens is 518 g/mol. The predicted octanol–water partition coefficient (Wildman–Crippen LogP) is 6.24. The van der Waals surface area contributed by atoms with Crippen molar-refractivity contribution in [2.75, 3.05) is 34.5 Å². The maximum atomic E-state index is 12.7. The number of imidazole rings is 1. The van der Waals surface area contributed by atoms with Crippen molar-refractivity contribution in [3.8, 4) is 23.0 Å². The summed E-state index contributed by atoms with van der Waals surface area (Å²) in [4.78, 5) is 17.7. The van der Waals surface area contributed by atoms with Gasteiger partial charge in [0.05, 0.1) is 39.0 Å². The van der Waals surface area contributed by atoms with Gasteiger partial charge in [0, 0.05) is 25.1 Å². The molecule has 0 spiro atoms. The summed E-state index contributed by atoms with van der Waals surface area (Å²) in [6.45, 7) is 4.25. The first kappa shape index (κ1) is 29.8. The van der Waals surface area contributed by atoms with Crippen molar-refractivity contribution in [2.45, 2.75) is 52.0 Å². The van der Waals surface area contributed by atoms with E-state index in [0.29, 0.717) is 36.0 Å². The molecule has 0 fully saturated rings. The summed E-state index contributed by atoms with van der Waals surface area (Å²) in [5, 5.41) is 3.00. The Balaban J connectivity index is 1.25. The van der Waals surface area contributed by atoms with Gasteiger partial charge in [0.25, 0.3) is 5.91 Å². The van der Waals surface area contributed by atoms with Crippen LogP contribution in [0.1, 0.15) is 54.4 Å². The Morgan fingerprint density at radius 2 is 1.61 bits per heavy atom. The monoisotopic (exact) mass is 559 g/mol. The molecule has 4 aromatic rings. The first-order valence-electron chi connectivity index (χ1n) is 14.3. The van der Waals surface area contributed by atoms with E-state index in [4.69, 9.17) is 23.9 Å². The third-order valence-electron chi connectivity index (χ3n) is 7.15. The van der Waals surface area contributed by atoms with E-state index in [1.807, 2.05) is 18.2 Å². The van der Waals surface area contributed by atoms with Crippen LogP contribution in [0.5, 0.6) is 23.0 Å². The Kier molecular flexibility index (Phi) is 10.9. The summed E-state index contributed by atoms with van der Waals surface area (Å²) >= 11 is 0. The Morgan fingerprint density at radius 3 is 2.29 bits per heavy atom. The van der Waals surface area contributed by atoms with Crippen LogP contribution in [-0.4, -0.2) is 49.9 Å². The fourth-order valence-corrected chi connectivity index (χ4v) is 4.90. The molecule has 0 aliphatic rings. The molecule has 3 aromatic carbocycles. The summed E-state index contributed by atoms with van der Waals surface area (Å²) < 4.78 is 24.4. The summed E-state index contributed by atoms with van der Waals surface area (Å²) in [5.41, 5.74) is 3.96. The van der Waals surface area contributed by atoms with E-state index >= 15 is 0 Å². The summed E-state index contributed by atoms with van der Waals surface area (Å²) in [5.74, 6) is 3.21. The average Bonchev–Trinajstić information content (AvgIpc) is 3.37. The highest BCUT2D eigenvalue weighted by Gasteiger charge is 2.17. The highest BCUT2D eigenvalue weighted by molar-refractivity contribution is 5.95. The SMILES string of the molecule is CCc1ccc(OCCCn2c(CCCCCNC(=O)c3cc(OC)c(OC)c(OC)c3)nc3ccccc32)cc1. The van der Waals surface area contributed by atoms with Gasteiger partial charge in [0.15, 0.2) is 11.5 Å². The number of hydrogen-bond acceptors (Lipinski definition) is 6. The smallest absolute Gasteiger partial charge is 0.251 e. The maximum absolute atomic E-state index is 12.7. The van der Waals surface area contributed by atoms with Crippen molar-refractivity contribution in [3.05, 3.63) is 77.6 Å². The molecule has 0 bridgehead atoms. The first-order chi connectivity index (χ1) is 20.1. The summed E-state index contributed by atoms with van der Waals surface area (Å²) in [7, 11) is 4.61. The maximum Gasteiger partial charge on any atom is 0.251 e. The lowest BCUT2D eigenvalue weighted by molar-refractivity contribution is 0.0952. The summed E-state index contributed by atoms with van der Waals surface area (Å²) in [6, 6.07) is 20.0. The van der Waals surface area contributed by atoms with Crippen molar-refractivity contribution in [1.82, 2.24) is 14.9 Å². The fourth-order valence-electron chi connectivity index (χ4n) is 4.90. The number of aryl methyl sites for hydroxylation is 3. The number of amides is 1. The van der Waals surface area contributed by atoms with Gasteiger partial charge in [-0.05, 0) is 67.6 Å². The number of carbonyl (C=O) groups excluding carboxylic acids is 1. The zero-order valence-electron chi connectivity index (χ0n) is 24.6. The molecule has 0 aliphatic heterocycles. The molecule has 1 amide bonds. The lowest BCUT2D eigenvalue weighted by Gasteiger charge is -2.14. The molecule has 0 atom stereocenters. The fraction of sp³-hybridized carbons (Fsp3) is 0.394. The molecule has 0 saturated carbocycles. The number of aromatic nitrogens is 2. The van der Waals surface area contributed by atoms with Crippen molar-refractivity contribution in [2.24, 2.45) is 0 Å². The number of ether oxygens (including phenoxy) is 4. The highest BCUT2D eigenvalue weighted by Crippen LogP contribution is 2.38. The van der Waals surface area contributed by atoms with Gasteiger partial charge in [-0.1, -0.05) is 37.6 Å². The minimum atomic E-state index is -0.172. The lowest BCUT2D eigenvalue weighted by atomic mass is 10.1. The van der Waals surface area contributed by atoms with E-state index in [1.165, 1.54) is 26.9 Å². The van der Waals surface area contributed by atoms with Crippen molar-refractivity contribution in [3.63, 3.8) is 0 Å². The van der Waals surface area contributed by atoms with Crippen LogP contribution in [-0.2, 0) is 19.4 Å². The predicted molar refractivity (Wildman–Crippen MR) is 162 cm³/mol. The zero-order chi connectivity index (χ0) is 29.0. The van der Waals surface area contributed by atoms with Crippen LogP contribution in [0.15, 0.2) is 60.7 Å². The van der Waals surface area contributed by atoms with Crippen molar-refractivity contribution in [1.29, 1.82) is 0 Å². The number of nitrogens with one attached hydrogen (secondary N) is 1. The van der Waals surface area contributed by atoms with Gasteiger partial charge in [0.2, 0.25) is 5.75 Å². The van der Waals surface area contributed by atoms with E-state index in [2.05, 4.69) is 47.1 Å². The van der Waals surface area contributed by atoms with Crippen LogP contribution in [0.4, 0.5) is 0 Å². The van der Waals surface area contributed by atoms with Crippen LogP contribution < -0.4 is 24.3 Å². The van der Waals surface area contributed by atoms with Crippen LogP contribution in [0.25, 0.3) is 11.0 Å². The van der Waals surface area contributed by atoms with Crippen LogP contribution in [0.2, 0.25) is 0 Å². The quantitative estimate of drug-likeness (QED) is 0.164. The number of unbranched alkanes of at least 4 members (excludes halogenated alkanes) is 2. The van der Waals surface area contributed by atoms with E-state index in [1.54, 1.807) is 12.1 Å². The molecule has 4 rings (SSSR count). The number of para-hydroxylation sites is 2. The molecule has 1 N–H and O–H groups in total. The largest absolute Gasteiger partial charge is 0.494 e. The molecule has 8 heteroatoms. The Labute approximate surface area is 242 Å². The normalized spacial score (nSPS) is 10.9. The molecule has 41 heavy (non-hydrogen) atoms. The van der Waals surface area contributed by atoms with Gasteiger partial charge in [0.1, 0.15) is 11.6 Å². The Morgan fingerprint density at radius 1 is 0.878 bits per heavy atom. The number of benzene rings is 3. The number of fused-ring (bicyclic) bond motifs is 1. The van der Waals surface area contributed by atoms with Crippen LogP contribution in [0, 0.1) is 0 Å². The topological polar surface area (TPSA) is 83.8 Å². The number of methoxy groups -OCH3 is 3. The number of hydrogen-bond donors (Lipinski definition) is 1. The summed E-state index contributed by atoms with van der Waals surface area (Å²) in [6.07, 6.45) is 5.66. The van der Waals surface area contributed by atoms with Gasteiger partial charge in [-0.2, -0.15) is 0 Å². The molecule has 0 radical (unpaired) electrons. The molecule has 1 aromatic heterocycles. The third kappa shape index (κ3) is 7.72. The second kappa shape index (κ2) is 15.0. The number of rotatable bonds is 16. The lowest BCUT2D eigenvalue weighted by Crippen LogP contribution is -2.24. The number of carbonyl (C=O) groups is 1. The van der Waals surface area contributed by atoms with Crippen molar-refractivity contribution >= 4 is 16.9 Å². The van der Waals surface area contributed by atoms with Gasteiger partial charge in [-0.3, -0.25) is 4.79 Å². The van der Waals surface area contributed by atoms with E-state index in [-0.39, 0.29) is 5.91 Å². The van der Waals surface area contributed by atoms with Crippen LogP contribution >= 0.6 is 0 Å². The molecule has 0 saturated heterocycles. The Hall–Kier alpha value is -4.20. The average molecular weight is 560 g/mol. The molecule has 8 nitrogen and oxygen atoms in total. The van der Waals surface area contributed by atoms with Crippen LogP contribution in [0.3, 0.4) is 0 Å². The second-order valence-electron chi connectivity index (χ2n) is 9.85. The second-order valence-corrected chi connectivity index (χ2v) is 9.85. The van der Waals surface area contributed by atoms with Gasteiger partial charge in [-0.25, -0.2) is 4.98 Å². The van der Waals surface area contributed by atoms with Gasteiger partial charge < -0.3 is 28.8 Å². The number of nitrogens with zero attached hydrogens (tertiary/aromatic N) is 2. The minimum absolute atomic E-state index is 0.172. The van der Waals surface area contributed by atoms with Gasteiger partial charge in [-0.15, -0.1) is 0 Å². The van der Waals surface area contributed by atoms with Gasteiger partial charge >= 0.3 is 0 Å². The van der Waals surface area contributed by atoms with E-state index in [0.717, 1.165) is 67.7 Å². The molecule has 0 aliphatic carbocycles. The standard InChI is InChI=1S/C33H41N3O5/c1-5-24-15-17-26(18-16-24)41-21-11-20-36-28-13-9-8-12-27(28)35-31(36)14-7-6-10-19-34-33(37)25-22-29(38-2)32(40-4)30(23-25)39-3/h8-9,12-13,15-18,22-23H,5-7,10-11,14,19-21H2,1-4H3,(H,34,37). The molecular formula is C33H41N3O5. The molecule has 218 valence electrons. The minimum Gasteiger partial charge on any atom is -0.494 e. The Bertz CT molecular complexity index is 1390. The van der Waals surface area contributed by atoms with Crippen molar-refractivity contribution < 1.29 is 23.7 Å². The zero-order valence-corrected chi connectivity index (χ0v) is 24.6. The molecule has 0 unspecified atom stereocenters. The third-order valence-corrected chi connectivity index (χ3v) is 7.15. The van der Waals surface area contributed by atoms with E-state index in [9.17, 15) is 4.79 Å². The highest BCUT2D eigenvalue weighted by atomic mass is 16.5. The first-order valence-corrected chi connectivity index (χ1v) is 14.3. The van der Waals surface area contributed by atoms with E-state index < -0.39 is 0 Å².